The Kier molecular flexibility index (Phi) is 5.04. The van der Waals surface area contributed by atoms with Crippen LogP contribution >= 0.6 is 12.4 Å². The summed E-state index contributed by atoms with van der Waals surface area (Å²) >= 11 is 0. The summed E-state index contributed by atoms with van der Waals surface area (Å²) in [5.74, 6) is 1.74. The molecule has 126 valence electrons. The fourth-order valence-corrected chi connectivity index (χ4v) is 4.76. The second kappa shape index (κ2) is 6.68. The van der Waals surface area contributed by atoms with Gasteiger partial charge in [0, 0.05) is 18.5 Å². The number of carbonyl (C=O) groups is 1. The molecule has 0 aromatic carbocycles. The van der Waals surface area contributed by atoms with Gasteiger partial charge in [0.15, 0.2) is 0 Å². The lowest BCUT2D eigenvalue weighted by Gasteiger charge is -2.36. The van der Waals surface area contributed by atoms with Crippen molar-refractivity contribution in [2.45, 2.75) is 70.3 Å². The van der Waals surface area contributed by atoms with E-state index in [1.807, 2.05) is 0 Å². The van der Waals surface area contributed by atoms with Crippen molar-refractivity contribution in [2.75, 3.05) is 19.6 Å². The van der Waals surface area contributed by atoms with Crippen LogP contribution in [0, 0.1) is 17.3 Å². The summed E-state index contributed by atoms with van der Waals surface area (Å²) in [4.78, 5) is 15.5. The van der Waals surface area contributed by atoms with Crippen molar-refractivity contribution in [3.05, 3.63) is 0 Å². The van der Waals surface area contributed by atoms with Gasteiger partial charge in [0.05, 0.1) is 0 Å². The summed E-state index contributed by atoms with van der Waals surface area (Å²) in [6.07, 6.45) is 12.9. The van der Waals surface area contributed by atoms with Gasteiger partial charge in [0.2, 0.25) is 5.91 Å². The number of hydrogen-bond acceptors (Lipinski definition) is 2. The summed E-state index contributed by atoms with van der Waals surface area (Å²) in [6.45, 7) is 3.32. The van der Waals surface area contributed by atoms with Crippen LogP contribution in [0.25, 0.3) is 0 Å². The summed E-state index contributed by atoms with van der Waals surface area (Å²) in [7, 11) is 0. The molecule has 1 aliphatic heterocycles. The van der Waals surface area contributed by atoms with Crippen molar-refractivity contribution in [3.8, 4) is 0 Å². The quantitative estimate of drug-likeness (QED) is 0.859. The van der Waals surface area contributed by atoms with Crippen molar-refractivity contribution in [2.24, 2.45) is 17.3 Å². The molecule has 3 aliphatic carbocycles. The predicted molar refractivity (Wildman–Crippen MR) is 91.2 cm³/mol. The fourth-order valence-electron chi connectivity index (χ4n) is 4.76. The number of nitrogens with one attached hydrogen (secondary N) is 1. The standard InChI is InChI=1S/C18H30N2O.ClH/c21-17(16-12-18(16)8-10-19-11-9-18)20(13-14-6-7-14)15-4-2-1-3-5-15;/h14-16,19H,1-13H2;1H. The van der Waals surface area contributed by atoms with Crippen molar-refractivity contribution in [1.29, 1.82) is 0 Å². The first-order valence-corrected chi connectivity index (χ1v) is 9.30. The molecule has 1 atom stereocenters. The SMILES string of the molecule is Cl.O=C(C1CC12CCNCC2)N(CC1CC1)C1CCCCC1. The van der Waals surface area contributed by atoms with Crippen molar-refractivity contribution in [1.82, 2.24) is 10.2 Å². The second-order valence-electron chi connectivity index (χ2n) is 8.09. The molecular weight excluding hydrogens is 296 g/mol. The Morgan fingerprint density at radius 3 is 2.36 bits per heavy atom. The van der Waals surface area contributed by atoms with Crippen LogP contribution in [0.2, 0.25) is 0 Å². The van der Waals surface area contributed by atoms with Gasteiger partial charge in [0.25, 0.3) is 0 Å². The number of halogens is 1. The molecule has 3 saturated carbocycles. The molecule has 4 aliphatic rings. The summed E-state index contributed by atoms with van der Waals surface area (Å²) in [5.41, 5.74) is 0.402. The molecule has 1 spiro atoms. The van der Waals surface area contributed by atoms with Gasteiger partial charge >= 0.3 is 0 Å². The normalized spacial score (nSPS) is 30.6. The van der Waals surface area contributed by atoms with Crippen molar-refractivity contribution in [3.63, 3.8) is 0 Å². The maximum atomic E-state index is 13.1. The van der Waals surface area contributed by atoms with E-state index in [0.29, 0.717) is 23.3 Å². The largest absolute Gasteiger partial charge is 0.339 e. The number of piperidine rings is 1. The number of nitrogens with zero attached hydrogens (tertiary/aromatic N) is 1. The molecule has 4 heteroatoms. The zero-order valence-corrected chi connectivity index (χ0v) is 14.5. The van der Waals surface area contributed by atoms with Gasteiger partial charge in [0.1, 0.15) is 0 Å². The Morgan fingerprint density at radius 1 is 1.05 bits per heavy atom. The van der Waals surface area contributed by atoms with Gasteiger partial charge in [-0.3, -0.25) is 4.79 Å². The van der Waals surface area contributed by atoms with Crippen LogP contribution in [0.5, 0.6) is 0 Å². The number of carbonyl (C=O) groups excluding carboxylic acids is 1. The van der Waals surface area contributed by atoms with Gasteiger partial charge in [-0.2, -0.15) is 0 Å². The van der Waals surface area contributed by atoms with E-state index in [9.17, 15) is 4.79 Å². The average molecular weight is 327 g/mol. The minimum Gasteiger partial charge on any atom is -0.339 e. The first-order chi connectivity index (χ1) is 10.3. The van der Waals surface area contributed by atoms with E-state index in [0.717, 1.165) is 25.6 Å². The van der Waals surface area contributed by atoms with Crippen molar-refractivity contribution >= 4 is 18.3 Å². The lowest BCUT2D eigenvalue weighted by atomic mass is 9.90. The first-order valence-electron chi connectivity index (χ1n) is 9.30. The minimum atomic E-state index is 0. The predicted octanol–water partition coefficient (Wildman–Crippen LogP) is 3.37. The molecule has 1 N–H and O–H groups in total. The molecule has 0 aromatic rings. The zero-order valence-electron chi connectivity index (χ0n) is 13.7. The van der Waals surface area contributed by atoms with Crippen LogP contribution in [0.3, 0.4) is 0 Å². The van der Waals surface area contributed by atoms with Gasteiger partial charge in [-0.15, -0.1) is 12.4 Å². The lowest BCUT2D eigenvalue weighted by Crippen LogP contribution is -2.44. The van der Waals surface area contributed by atoms with E-state index in [1.165, 1.54) is 64.2 Å². The molecular formula is C18H31ClN2O. The molecule has 22 heavy (non-hydrogen) atoms. The summed E-state index contributed by atoms with van der Waals surface area (Å²) in [5, 5.41) is 3.45. The fraction of sp³-hybridized carbons (Fsp3) is 0.944. The van der Waals surface area contributed by atoms with E-state index < -0.39 is 0 Å². The van der Waals surface area contributed by atoms with E-state index in [4.69, 9.17) is 0 Å². The number of rotatable bonds is 4. The van der Waals surface area contributed by atoms with Crippen LogP contribution in [-0.2, 0) is 4.79 Å². The van der Waals surface area contributed by atoms with E-state index in [-0.39, 0.29) is 12.4 Å². The number of hydrogen-bond donors (Lipinski definition) is 1. The zero-order chi connectivity index (χ0) is 14.3. The molecule has 1 unspecified atom stereocenters. The Morgan fingerprint density at radius 2 is 1.73 bits per heavy atom. The van der Waals surface area contributed by atoms with Gasteiger partial charge in [-0.1, -0.05) is 19.3 Å². The third kappa shape index (κ3) is 3.31. The van der Waals surface area contributed by atoms with Crippen molar-refractivity contribution < 1.29 is 4.79 Å². The van der Waals surface area contributed by atoms with Gasteiger partial charge < -0.3 is 10.2 Å². The third-order valence-corrected chi connectivity index (χ3v) is 6.54. The maximum absolute atomic E-state index is 13.1. The second-order valence-corrected chi connectivity index (χ2v) is 8.09. The van der Waals surface area contributed by atoms with E-state index >= 15 is 0 Å². The number of amides is 1. The highest BCUT2D eigenvalue weighted by Gasteiger charge is 2.59. The van der Waals surface area contributed by atoms with E-state index in [1.54, 1.807) is 0 Å². The highest BCUT2D eigenvalue weighted by Crippen LogP contribution is 2.59. The van der Waals surface area contributed by atoms with Crippen LogP contribution in [0.4, 0.5) is 0 Å². The molecule has 0 bridgehead atoms. The van der Waals surface area contributed by atoms with Crippen LogP contribution < -0.4 is 5.32 Å². The highest BCUT2D eigenvalue weighted by molar-refractivity contribution is 5.85. The maximum Gasteiger partial charge on any atom is 0.226 e. The topological polar surface area (TPSA) is 32.3 Å². The van der Waals surface area contributed by atoms with Crippen LogP contribution in [0.1, 0.15) is 64.2 Å². The Hall–Kier alpha value is -0.280. The molecule has 0 radical (unpaired) electrons. The molecule has 0 aromatic heterocycles. The van der Waals surface area contributed by atoms with Gasteiger partial charge in [-0.05, 0) is 69.4 Å². The third-order valence-electron chi connectivity index (χ3n) is 6.54. The first kappa shape index (κ1) is 16.6. The monoisotopic (exact) mass is 326 g/mol. The van der Waals surface area contributed by atoms with Crippen LogP contribution in [-0.4, -0.2) is 36.5 Å². The smallest absolute Gasteiger partial charge is 0.226 e. The Bertz CT molecular complexity index is 398. The molecule has 4 fully saturated rings. The van der Waals surface area contributed by atoms with E-state index in [2.05, 4.69) is 10.2 Å². The molecule has 4 rings (SSSR count). The molecule has 1 saturated heterocycles. The molecule has 1 amide bonds. The molecule has 3 nitrogen and oxygen atoms in total. The molecule has 1 heterocycles. The lowest BCUT2D eigenvalue weighted by molar-refractivity contribution is -0.137. The average Bonchev–Trinajstić information content (AvgIpc) is 3.44. The summed E-state index contributed by atoms with van der Waals surface area (Å²) in [6, 6.07) is 0.575. The minimum absolute atomic E-state index is 0. The Balaban J connectivity index is 0.00000144. The highest BCUT2D eigenvalue weighted by atomic mass is 35.5. The Labute approximate surface area is 141 Å². The van der Waals surface area contributed by atoms with Gasteiger partial charge in [-0.25, -0.2) is 0 Å². The summed E-state index contributed by atoms with van der Waals surface area (Å²) < 4.78 is 0. The van der Waals surface area contributed by atoms with Crippen LogP contribution in [0.15, 0.2) is 0 Å².